The van der Waals surface area contributed by atoms with Crippen LogP contribution in [0, 0.1) is 0 Å². The van der Waals surface area contributed by atoms with Crippen LogP contribution in [0.15, 0.2) is 30.6 Å². The zero-order valence-electron chi connectivity index (χ0n) is 19.6. The van der Waals surface area contributed by atoms with E-state index in [1.54, 1.807) is 11.8 Å². The number of anilines is 1. The monoisotopic (exact) mass is 463 g/mol. The number of rotatable bonds is 6. The molecule has 2 heterocycles. The van der Waals surface area contributed by atoms with Gasteiger partial charge in [0.1, 0.15) is 0 Å². The highest BCUT2D eigenvalue weighted by Crippen LogP contribution is 2.43. The highest BCUT2D eigenvalue weighted by atomic mass is 35.5. The third-order valence-corrected chi connectivity index (χ3v) is 5.85. The van der Waals surface area contributed by atoms with Gasteiger partial charge in [0, 0.05) is 43.0 Å². The average molecular weight is 464 g/mol. The van der Waals surface area contributed by atoms with Crippen LogP contribution in [0.3, 0.4) is 0 Å². The first-order valence-corrected chi connectivity index (χ1v) is 10.7. The molecule has 2 amide bonds. The van der Waals surface area contributed by atoms with Crippen LogP contribution < -0.4 is 4.90 Å². The fraction of sp³-hybridized carbons (Fsp3) is 0.522. The van der Waals surface area contributed by atoms with Gasteiger partial charge in [-0.2, -0.15) is 5.10 Å². The summed E-state index contributed by atoms with van der Waals surface area (Å²) in [4.78, 5) is 29.8. The maximum atomic E-state index is 12.4. The first kappa shape index (κ1) is 25.7. The molecule has 2 aromatic rings. The van der Waals surface area contributed by atoms with Gasteiger partial charge >= 0.3 is 6.09 Å². The van der Waals surface area contributed by atoms with E-state index in [0.717, 1.165) is 35.5 Å². The molecule has 8 nitrogen and oxygen atoms in total. The van der Waals surface area contributed by atoms with Gasteiger partial charge in [-0.15, -0.1) is 12.4 Å². The second kappa shape index (κ2) is 10.4. The van der Waals surface area contributed by atoms with Crippen molar-refractivity contribution in [3.63, 3.8) is 0 Å². The summed E-state index contributed by atoms with van der Waals surface area (Å²) in [6.07, 6.45) is 3.45. The molecule has 0 saturated heterocycles. The van der Waals surface area contributed by atoms with Crippen LogP contribution in [-0.4, -0.2) is 69.4 Å². The summed E-state index contributed by atoms with van der Waals surface area (Å²) in [5, 5.41) is 14.4. The SMILES string of the molecule is CC(=O)N1c2ccc(-c3cnn(CCN(C)C)c3)cc2C(N(C(=O)O)C(C)C)CC1C.Cl. The molecular weight excluding hydrogens is 430 g/mol. The zero-order valence-corrected chi connectivity index (χ0v) is 20.5. The maximum absolute atomic E-state index is 12.4. The minimum atomic E-state index is -0.948. The number of amides is 2. The number of likely N-dealkylation sites (N-methyl/N-ethyl adjacent to an activating group) is 1. The highest BCUT2D eigenvalue weighted by Gasteiger charge is 2.38. The van der Waals surface area contributed by atoms with Gasteiger partial charge < -0.3 is 14.9 Å². The predicted molar refractivity (Wildman–Crippen MR) is 128 cm³/mol. The highest BCUT2D eigenvalue weighted by molar-refractivity contribution is 5.94. The van der Waals surface area contributed by atoms with E-state index >= 15 is 0 Å². The summed E-state index contributed by atoms with van der Waals surface area (Å²) in [5.74, 6) is -0.0390. The molecule has 176 valence electrons. The number of fused-ring (bicyclic) bond motifs is 1. The number of nitrogens with zero attached hydrogens (tertiary/aromatic N) is 5. The first-order chi connectivity index (χ1) is 14.6. The third kappa shape index (κ3) is 5.24. The molecule has 1 aromatic heterocycles. The van der Waals surface area contributed by atoms with Gasteiger partial charge in [0.05, 0.1) is 18.8 Å². The molecule has 2 atom stereocenters. The quantitative estimate of drug-likeness (QED) is 0.697. The predicted octanol–water partition coefficient (Wildman–Crippen LogP) is 4.11. The van der Waals surface area contributed by atoms with Crippen LogP contribution in [0.5, 0.6) is 0 Å². The minimum absolute atomic E-state index is 0. The molecule has 0 radical (unpaired) electrons. The summed E-state index contributed by atoms with van der Waals surface area (Å²) >= 11 is 0. The van der Waals surface area contributed by atoms with Crippen molar-refractivity contribution in [3.05, 3.63) is 36.2 Å². The van der Waals surface area contributed by atoms with Crippen molar-refractivity contribution >= 4 is 30.1 Å². The number of hydrogen-bond acceptors (Lipinski definition) is 4. The Balaban J connectivity index is 0.00000363. The number of halogens is 1. The molecule has 3 rings (SSSR count). The molecule has 0 bridgehead atoms. The van der Waals surface area contributed by atoms with E-state index in [1.807, 2.05) is 70.1 Å². The average Bonchev–Trinajstić information content (AvgIpc) is 3.14. The smallest absolute Gasteiger partial charge is 0.408 e. The Kier molecular flexibility index (Phi) is 8.31. The normalized spacial score (nSPS) is 17.8. The fourth-order valence-corrected chi connectivity index (χ4v) is 4.41. The van der Waals surface area contributed by atoms with Crippen LogP contribution in [-0.2, 0) is 11.3 Å². The molecule has 1 N–H and O–H groups in total. The molecule has 1 aliphatic heterocycles. The van der Waals surface area contributed by atoms with Crippen LogP contribution in [0.4, 0.5) is 10.5 Å². The standard InChI is InChI=1S/C23H33N5O3.ClH/c1-15(2)27(23(30)31)22-11-16(3)28(17(4)29)21-8-7-18(12-20(21)22)19-13-24-26(14-19)10-9-25(5)6;/h7-8,12-16,22H,9-11H2,1-6H3,(H,30,31);1H. The van der Waals surface area contributed by atoms with E-state index in [2.05, 4.69) is 10.00 Å². The van der Waals surface area contributed by atoms with Gasteiger partial charge in [0.2, 0.25) is 5.91 Å². The number of carbonyl (C=O) groups excluding carboxylic acids is 1. The van der Waals surface area contributed by atoms with Crippen LogP contribution >= 0.6 is 12.4 Å². The van der Waals surface area contributed by atoms with Gasteiger partial charge in [-0.1, -0.05) is 6.07 Å². The van der Waals surface area contributed by atoms with Gasteiger partial charge in [-0.25, -0.2) is 4.79 Å². The van der Waals surface area contributed by atoms with E-state index in [0.29, 0.717) is 6.42 Å². The van der Waals surface area contributed by atoms with Crippen molar-refractivity contribution in [2.45, 2.75) is 58.8 Å². The number of carboxylic acid groups (broad SMARTS) is 1. The fourth-order valence-electron chi connectivity index (χ4n) is 4.41. The molecule has 0 saturated carbocycles. The Bertz CT molecular complexity index is 959. The molecule has 0 fully saturated rings. The lowest BCUT2D eigenvalue weighted by Crippen LogP contribution is -2.48. The van der Waals surface area contributed by atoms with Crippen molar-refractivity contribution < 1.29 is 14.7 Å². The van der Waals surface area contributed by atoms with E-state index in [4.69, 9.17) is 0 Å². The van der Waals surface area contributed by atoms with E-state index in [1.165, 1.54) is 4.90 Å². The Morgan fingerprint density at radius 1 is 1.25 bits per heavy atom. The van der Waals surface area contributed by atoms with Crippen molar-refractivity contribution in [1.29, 1.82) is 0 Å². The van der Waals surface area contributed by atoms with E-state index in [-0.39, 0.29) is 36.4 Å². The van der Waals surface area contributed by atoms with Gasteiger partial charge in [0.15, 0.2) is 0 Å². The topological polar surface area (TPSA) is 81.9 Å². The Morgan fingerprint density at radius 3 is 2.50 bits per heavy atom. The summed E-state index contributed by atoms with van der Waals surface area (Å²) in [5.41, 5.74) is 3.58. The molecular formula is C23H34ClN5O3. The van der Waals surface area contributed by atoms with E-state index < -0.39 is 6.09 Å². The largest absolute Gasteiger partial charge is 0.465 e. The van der Waals surface area contributed by atoms with Gasteiger partial charge in [0.25, 0.3) is 0 Å². The number of hydrogen-bond donors (Lipinski definition) is 1. The maximum Gasteiger partial charge on any atom is 0.408 e. The zero-order chi connectivity index (χ0) is 22.9. The number of carbonyl (C=O) groups is 2. The Labute approximate surface area is 196 Å². The second-order valence-corrected chi connectivity index (χ2v) is 8.84. The minimum Gasteiger partial charge on any atom is -0.465 e. The number of benzene rings is 1. The summed E-state index contributed by atoms with van der Waals surface area (Å²) in [6.45, 7) is 8.97. The Morgan fingerprint density at radius 2 is 1.94 bits per heavy atom. The van der Waals surface area contributed by atoms with Crippen LogP contribution in [0.1, 0.15) is 45.7 Å². The third-order valence-electron chi connectivity index (χ3n) is 5.85. The van der Waals surface area contributed by atoms with Crippen LogP contribution in [0.2, 0.25) is 0 Å². The summed E-state index contributed by atoms with van der Waals surface area (Å²) < 4.78 is 1.91. The van der Waals surface area contributed by atoms with Gasteiger partial charge in [-0.3, -0.25) is 14.4 Å². The van der Waals surface area contributed by atoms with Crippen molar-refractivity contribution in [2.24, 2.45) is 0 Å². The molecule has 2 unspecified atom stereocenters. The molecule has 32 heavy (non-hydrogen) atoms. The summed E-state index contributed by atoms with van der Waals surface area (Å²) in [6, 6.07) is 5.36. The summed E-state index contributed by atoms with van der Waals surface area (Å²) in [7, 11) is 4.05. The molecule has 1 aromatic carbocycles. The molecule has 9 heteroatoms. The lowest BCUT2D eigenvalue weighted by Gasteiger charge is -2.43. The molecule has 0 aliphatic carbocycles. The lowest BCUT2D eigenvalue weighted by molar-refractivity contribution is -0.117. The van der Waals surface area contributed by atoms with E-state index in [9.17, 15) is 14.7 Å². The lowest BCUT2D eigenvalue weighted by atomic mass is 9.88. The first-order valence-electron chi connectivity index (χ1n) is 10.7. The molecule has 1 aliphatic rings. The molecule has 0 spiro atoms. The number of aromatic nitrogens is 2. The second-order valence-electron chi connectivity index (χ2n) is 8.84. The van der Waals surface area contributed by atoms with Crippen molar-refractivity contribution in [2.75, 3.05) is 25.5 Å². The van der Waals surface area contributed by atoms with Crippen molar-refractivity contribution in [1.82, 2.24) is 19.6 Å². The van der Waals surface area contributed by atoms with Gasteiger partial charge in [-0.05, 0) is 64.5 Å². The van der Waals surface area contributed by atoms with Crippen LogP contribution in [0.25, 0.3) is 11.1 Å². The Hall–Kier alpha value is -2.58. The van der Waals surface area contributed by atoms with Crippen molar-refractivity contribution in [3.8, 4) is 11.1 Å².